The van der Waals surface area contributed by atoms with Gasteiger partial charge in [0.15, 0.2) is 0 Å². The van der Waals surface area contributed by atoms with E-state index in [0.29, 0.717) is 5.82 Å². The van der Waals surface area contributed by atoms with Crippen LogP contribution in [0, 0.1) is 24.2 Å². The Morgan fingerprint density at radius 3 is 2.74 bits per heavy atom. The van der Waals surface area contributed by atoms with E-state index >= 15 is 0 Å². The summed E-state index contributed by atoms with van der Waals surface area (Å²) in [4.78, 5) is 20.6. The number of benzene rings is 2. The molecular weight excluding hydrogens is 434 g/mol. The molecule has 0 radical (unpaired) electrons. The van der Waals surface area contributed by atoms with E-state index in [1.807, 2.05) is 0 Å². The number of rotatable bonds is 5. The quantitative estimate of drug-likeness (QED) is 0.308. The Bertz CT molecular complexity index is 1440. The maximum absolute atomic E-state index is 7.08. The molecule has 7 heteroatoms. The SMILES string of the molecule is Cc1ccc(-c2nc3ccc(CN4CCN(C)CC4)cc3[nH]2)cc1C#Cc1cnc(/C=C\C=N)[nH]1. The second-order valence-corrected chi connectivity index (χ2v) is 9.00. The van der Waals surface area contributed by atoms with Gasteiger partial charge in [-0.2, -0.15) is 0 Å². The van der Waals surface area contributed by atoms with Crippen molar-refractivity contribution in [1.29, 1.82) is 5.41 Å². The molecule has 176 valence electrons. The van der Waals surface area contributed by atoms with Crippen LogP contribution in [0.15, 0.2) is 48.7 Å². The number of allylic oxidation sites excluding steroid dienone is 1. The number of aromatic nitrogens is 4. The van der Waals surface area contributed by atoms with E-state index in [4.69, 9.17) is 10.4 Å². The van der Waals surface area contributed by atoms with E-state index in [0.717, 1.165) is 72.0 Å². The molecule has 7 nitrogen and oxygen atoms in total. The Kier molecular flexibility index (Phi) is 6.57. The molecule has 3 heterocycles. The number of piperazine rings is 1. The number of likely N-dealkylation sites (N-methyl/N-ethyl adjacent to an activating group) is 1. The van der Waals surface area contributed by atoms with Crippen molar-refractivity contribution in [2.45, 2.75) is 13.5 Å². The molecule has 2 aromatic heterocycles. The summed E-state index contributed by atoms with van der Waals surface area (Å²) in [6, 6.07) is 12.8. The van der Waals surface area contributed by atoms with Crippen LogP contribution in [-0.2, 0) is 6.54 Å². The summed E-state index contributed by atoms with van der Waals surface area (Å²) in [5.74, 6) is 7.94. The molecule has 2 aromatic carbocycles. The lowest BCUT2D eigenvalue weighted by atomic mass is 10.0. The third-order valence-electron chi connectivity index (χ3n) is 6.34. The van der Waals surface area contributed by atoms with Crippen LogP contribution in [0.3, 0.4) is 0 Å². The van der Waals surface area contributed by atoms with Crippen molar-refractivity contribution in [3.8, 4) is 23.2 Å². The average Bonchev–Trinajstić information content (AvgIpc) is 3.50. The fourth-order valence-corrected chi connectivity index (χ4v) is 4.22. The fraction of sp³-hybridized carbons (Fsp3) is 0.250. The van der Waals surface area contributed by atoms with Gasteiger partial charge in [-0.1, -0.05) is 24.1 Å². The minimum Gasteiger partial charge on any atom is -0.338 e. The van der Waals surface area contributed by atoms with Gasteiger partial charge in [-0.3, -0.25) is 4.90 Å². The predicted molar refractivity (Wildman–Crippen MR) is 141 cm³/mol. The van der Waals surface area contributed by atoms with Gasteiger partial charge in [0.1, 0.15) is 17.3 Å². The van der Waals surface area contributed by atoms with Crippen LogP contribution < -0.4 is 0 Å². The van der Waals surface area contributed by atoms with E-state index < -0.39 is 0 Å². The first-order chi connectivity index (χ1) is 17.1. The van der Waals surface area contributed by atoms with Crippen LogP contribution in [0.25, 0.3) is 28.5 Å². The van der Waals surface area contributed by atoms with Crippen LogP contribution in [0.4, 0.5) is 0 Å². The largest absolute Gasteiger partial charge is 0.338 e. The number of imidazole rings is 2. The summed E-state index contributed by atoms with van der Waals surface area (Å²) >= 11 is 0. The summed E-state index contributed by atoms with van der Waals surface area (Å²) in [5, 5.41) is 7.08. The Morgan fingerprint density at radius 2 is 1.91 bits per heavy atom. The molecule has 0 saturated carbocycles. The lowest BCUT2D eigenvalue weighted by Gasteiger charge is -2.32. The van der Waals surface area contributed by atoms with Gasteiger partial charge in [0, 0.05) is 50.1 Å². The van der Waals surface area contributed by atoms with Gasteiger partial charge in [0.25, 0.3) is 0 Å². The van der Waals surface area contributed by atoms with Crippen molar-refractivity contribution in [3.05, 3.63) is 76.9 Å². The summed E-state index contributed by atoms with van der Waals surface area (Å²) < 4.78 is 0. The molecule has 1 aliphatic rings. The Balaban J connectivity index is 1.36. The van der Waals surface area contributed by atoms with Crippen LogP contribution in [0.5, 0.6) is 0 Å². The van der Waals surface area contributed by atoms with Gasteiger partial charge >= 0.3 is 0 Å². The molecular formula is C28H29N7. The maximum atomic E-state index is 7.08. The molecule has 35 heavy (non-hydrogen) atoms. The lowest BCUT2D eigenvalue weighted by Crippen LogP contribution is -2.43. The summed E-state index contributed by atoms with van der Waals surface area (Å²) in [5.41, 5.74) is 7.13. The highest BCUT2D eigenvalue weighted by molar-refractivity contribution is 5.80. The number of hydrogen-bond acceptors (Lipinski definition) is 5. The standard InChI is InChI=1S/C28H29N7/c1-20-5-7-23(17-22(20)8-9-24-18-30-27(31-24)4-3-11-29)28-32-25-10-6-21(16-26(25)33-28)19-35-14-12-34(2)13-15-35/h3-7,10-11,16-18,29H,12-15,19H2,1-2H3,(H,30,31)(H,32,33)/b4-3-,29-11?. The van der Waals surface area contributed by atoms with Crippen molar-refractivity contribution >= 4 is 23.3 Å². The first-order valence-corrected chi connectivity index (χ1v) is 11.8. The lowest BCUT2D eigenvalue weighted by molar-refractivity contribution is 0.148. The number of nitrogens with zero attached hydrogens (tertiary/aromatic N) is 4. The molecule has 0 atom stereocenters. The number of hydrogen-bond donors (Lipinski definition) is 3. The molecule has 3 N–H and O–H groups in total. The number of nitrogens with one attached hydrogen (secondary N) is 3. The Morgan fingerprint density at radius 1 is 1.06 bits per heavy atom. The molecule has 4 aromatic rings. The van der Waals surface area contributed by atoms with Gasteiger partial charge in [-0.25, -0.2) is 9.97 Å². The highest BCUT2D eigenvalue weighted by atomic mass is 15.2. The smallest absolute Gasteiger partial charge is 0.138 e. The Hall–Kier alpha value is -3.99. The maximum Gasteiger partial charge on any atom is 0.138 e. The molecule has 0 unspecified atom stereocenters. The Labute approximate surface area is 205 Å². The van der Waals surface area contributed by atoms with Crippen LogP contribution in [-0.4, -0.2) is 69.2 Å². The third kappa shape index (κ3) is 5.40. The van der Waals surface area contributed by atoms with E-state index in [2.05, 4.69) is 87.0 Å². The second-order valence-electron chi connectivity index (χ2n) is 9.00. The van der Waals surface area contributed by atoms with Crippen molar-refractivity contribution in [3.63, 3.8) is 0 Å². The summed E-state index contributed by atoms with van der Waals surface area (Å²) in [6.45, 7) is 7.49. The van der Waals surface area contributed by atoms with Crippen molar-refractivity contribution in [2.24, 2.45) is 0 Å². The molecule has 0 bridgehead atoms. The number of fused-ring (bicyclic) bond motifs is 1. The first-order valence-electron chi connectivity index (χ1n) is 11.8. The third-order valence-corrected chi connectivity index (χ3v) is 6.34. The molecule has 5 rings (SSSR count). The summed E-state index contributed by atoms with van der Waals surface area (Å²) in [6.07, 6.45) is 6.28. The van der Waals surface area contributed by atoms with Crippen LogP contribution in [0.2, 0.25) is 0 Å². The molecule has 0 amide bonds. The van der Waals surface area contributed by atoms with E-state index in [1.54, 1.807) is 18.3 Å². The minimum absolute atomic E-state index is 0.678. The molecule has 1 saturated heterocycles. The zero-order chi connectivity index (χ0) is 24.2. The zero-order valence-electron chi connectivity index (χ0n) is 20.1. The number of aryl methyl sites for hydroxylation is 1. The van der Waals surface area contributed by atoms with Crippen LogP contribution >= 0.6 is 0 Å². The molecule has 0 spiro atoms. The average molecular weight is 464 g/mol. The van der Waals surface area contributed by atoms with Gasteiger partial charge < -0.3 is 20.3 Å². The van der Waals surface area contributed by atoms with Crippen molar-refractivity contribution in [2.75, 3.05) is 33.2 Å². The predicted octanol–water partition coefficient (Wildman–Crippen LogP) is 4.07. The normalized spacial score (nSPS) is 14.9. The second kappa shape index (κ2) is 10.1. The van der Waals surface area contributed by atoms with E-state index in [1.165, 1.54) is 11.8 Å². The van der Waals surface area contributed by atoms with Crippen molar-refractivity contribution < 1.29 is 0 Å². The molecule has 1 fully saturated rings. The number of aromatic amines is 2. The highest BCUT2D eigenvalue weighted by Crippen LogP contribution is 2.24. The zero-order valence-corrected chi connectivity index (χ0v) is 20.1. The topological polar surface area (TPSA) is 87.7 Å². The fourth-order valence-electron chi connectivity index (χ4n) is 4.22. The summed E-state index contributed by atoms with van der Waals surface area (Å²) in [7, 11) is 2.18. The van der Waals surface area contributed by atoms with E-state index in [-0.39, 0.29) is 0 Å². The van der Waals surface area contributed by atoms with Gasteiger partial charge in [-0.15, -0.1) is 0 Å². The minimum atomic E-state index is 0.678. The van der Waals surface area contributed by atoms with Gasteiger partial charge in [0.05, 0.1) is 17.2 Å². The van der Waals surface area contributed by atoms with Gasteiger partial charge in [0.2, 0.25) is 0 Å². The van der Waals surface area contributed by atoms with E-state index in [9.17, 15) is 0 Å². The van der Waals surface area contributed by atoms with Crippen LogP contribution in [0.1, 0.15) is 28.2 Å². The molecule has 0 aliphatic carbocycles. The monoisotopic (exact) mass is 463 g/mol. The van der Waals surface area contributed by atoms with Crippen molar-refractivity contribution in [1.82, 2.24) is 29.7 Å². The highest BCUT2D eigenvalue weighted by Gasteiger charge is 2.14. The number of H-pyrrole nitrogens is 2. The van der Waals surface area contributed by atoms with Gasteiger partial charge in [-0.05, 0) is 61.4 Å². The molecule has 1 aliphatic heterocycles. The first kappa shape index (κ1) is 22.8.